The molecule has 1 amide bonds. The maximum absolute atomic E-state index is 12.1. The highest BCUT2D eigenvalue weighted by Crippen LogP contribution is 2.38. The summed E-state index contributed by atoms with van der Waals surface area (Å²) >= 11 is 0. The molecule has 0 aromatic rings. The van der Waals surface area contributed by atoms with Crippen LogP contribution in [0.15, 0.2) is 0 Å². The lowest BCUT2D eigenvalue weighted by Gasteiger charge is -2.35. The summed E-state index contributed by atoms with van der Waals surface area (Å²) in [6, 6.07) is 0.428. The predicted molar refractivity (Wildman–Crippen MR) is 76.1 cm³/mol. The van der Waals surface area contributed by atoms with Crippen molar-refractivity contribution in [1.29, 1.82) is 0 Å². The molecule has 1 heterocycles. The molecular formula is C15H28N2O2. The van der Waals surface area contributed by atoms with Crippen LogP contribution in [0.2, 0.25) is 0 Å². The lowest BCUT2D eigenvalue weighted by Crippen LogP contribution is -2.54. The number of carbonyl (C=O) groups is 1. The zero-order chi connectivity index (χ0) is 14.0. The molecule has 1 saturated carbocycles. The van der Waals surface area contributed by atoms with E-state index in [1.807, 2.05) is 25.7 Å². The minimum atomic E-state index is -0.404. The van der Waals surface area contributed by atoms with Crippen molar-refractivity contribution >= 4 is 6.09 Å². The van der Waals surface area contributed by atoms with Crippen molar-refractivity contribution in [3.8, 4) is 0 Å². The Kier molecular flexibility index (Phi) is 4.39. The van der Waals surface area contributed by atoms with Crippen LogP contribution in [0.4, 0.5) is 4.79 Å². The molecule has 2 atom stereocenters. The van der Waals surface area contributed by atoms with Crippen LogP contribution in [0.3, 0.4) is 0 Å². The van der Waals surface area contributed by atoms with Crippen LogP contribution >= 0.6 is 0 Å². The standard InChI is InChI=1S/C15H28N2O2/c1-11(12-5-6-12)9-13-10-17(8-7-16-13)14(18)19-15(2,3)4/h11-13,16H,5-10H2,1-4H3. The van der Waals surface area contributed by atoms with Crippen LogP contribution in [0.5, 0.6) is 0 Å². The van der Waals surface area contributed by atoms with Gasteiger partial charge in [0.05, 0.1) is 0 Å². The van der Waals surface area contributed by atoms with E-state index >= 15 is 0 Å². The Bertz CT molecular complexity index is 321. The number of hydrogen-bond donors (Lipinski definition) is 1. The van der Waals surface area contributed by atoms with Gasteiger partial charge in [-0.25, -0.2) is 4.79 Å². The SMILES string of the molecule is CC(CC1CN(C(=O)OC(C)(C)C)CCN1)C1CC1. The van der Waals surface area contributed by atoms with E-state index in [4.69, 9.17) is 4.74 Å². The minimum Gasteiger partial charge on any atom is -0.444 e. The summed E-state index contributed by atoms with van der Waals surface area (Å²) in [5.41, 5.74) is -0.404. The van der Waals surface area contributed by atoms with Gasteiger partial charge >= 0.3 is 6.09 Å². The fourth-order valence-electron chi connectivity index (χ4n) is 2.78. The van der Waals surface area contributed by atoms with Crippen LogP contribution in [-0.2, 0) is 4.74 Å². The zero-order valence-corrected chi connectivity index (χ0v) is 12.7. The number of hydrogen-bond acceptors (Lipinski definition) is 3. The van der Waals surface area contributed by atoms with Gasteiger partial charge in [-0.2, -0.15) is 0 Å². The van der Waals surface area contributed by atoms with Crippen molar-refractivity contribution in [2.75, 3.05) is 19.6 Å². The molecule has 19 heavy (non-hydrogen) atoms. The molecule has 2 fully saturated rings. The fourth-order valence-corrected chi connectivity index (χ4v) is 2.78. The maximum Gasteiger partial charge on any atom is 0.410 e. The van der Waals surface area contributed by atoms with Gasteiger partial charge in [0, 0.05) is 25.7 Å². The van der Waals surface area contributed by atoms with E-state index in [0.717, 1.165) is 31.5 Å². The van der Waals surface area contributed by atoms with E-state index in [9.17, 15) is 4.79 Å². The second kappa shape index (κ2) is 5.70. The van der Waals surface area contributed by atoms with Crippen LogP contribution < -0.4 is 5.32 Å². The van der Waals surface area contributed by atoms with Gasteiger partial charge in [-0.1, -0.05) is 6.92 Å². The first kappa shape index (κ1) is 14.6. The van der Waals surface area contributed by atoms with Gasteiger partial charge in [-0.05, 0) is 51.9 Å². The van der Waals surface area contributed by atoms with E-state index in [0.29, 0.717) is 6.04 Å². The summed E-state index contributed by atoms with van der Waals surface area (Å²) < 4.78 is 5.45. The van der Waals surface area contributed by atoms with Gasteiger partial charge in [-0.15, -0.1) is 0 Å². The Morgan fingerprint density at radius 3 is 2.68 bits per heavy atom. The summed E-state index contributed by atoms with van der Waals surface area (Å²) in [5.74, 6) is 1.70. The van der Waals surface area contributed by atoms with E-state index in [2.05, 4.69) is 12.2 Å². The Labute approximate surface area is 116 Å². The van der Waals surface area contributed by atoms with Crippen LogP contribution in [0.1, 0.15) is 47.0 Å². The largest absolute Gasteiger partial charge is 0.444 e. The quantitative estimate of drug-likeness (QED) is 0.855. The Morgan fingerprint density at radius 1 is 1.42 bits per heavy atom. The van der Waals surface area contributed by atoms with E-state index in [1.54, 1.807) is 0 Å². The van der Waals surface area contributed by atoms with Crippen molar-refractivity contribution in [3.63, 3.8) is 0 Å². The van der Waals surface area contributed by atoms with Gasteiger partial charge in [0.15, 0.2) is 0 Å². The normalized spacial score (nSPS) is 26.1. The van der Waals surface area contributed by atoms with Crippen LogP contribution in [-0.4, -0.2) is 42.3 Å². The number of carbonyl (C=O) groups excluding carboxylic acids is 1. The Morgan fingerprint density at radius 2 is 2.11 bits per heavy atom. The van der Waals surface area contributed by atoms with Gasteiger partial charge < -0.3 is 15.0 Å². The second-order valence-corrected chi connectivity index (χ2v) is 7.13. The molecule has 4 nitrogen and oxygen atoms in total. The molecule has 110 valence electrons. The zero-order valence-electron chi connectivity index (χ0n) is 12.7. The van der Waals surface area contributed by atoms with Gasteiger partial charge in [0.1, 0.15) is 5.60 Å². The lowest BCUT2D eigenvalue weighted by molar-refractivity contribution is 0.0186. The number of nitrogens with zero attached hydrogens (tertiary/aromatic N) is 1. The van der Waals surface area contributed by atoms with Crippen molar-refractivity contribution in [1.82, 2.24) is 10.2 Å². The highest BCUT2D eigenvalue weighted by Gasteiger charge is 2.32. The van der Waals surface area contributed by atoms with Gasteiger partial charge in [0.2, 0.25) is 0 Å². The van der Waals surface area contributed by atoms with Crippen LogP contribution in [0, 0.1) is 11.8 Å². The van der Waals surface area contributed by atoms with Crippen molar-refractivity contribution < 1.29 is 9.53 Å². The summed E-state index contributed by atoms with van der Waals surface area (Å²) in [4.78, 5) is 13.9. The molecule has 0 aromatic heterocycles. The van der Waals surface area contributed by atoms with Crippen molar-refractivity contribution in [2.24, 2.45) is 11.8 Å². The summed E-state index contributed by atoms with van der Waals surface area (Å²) in [5, 5.41) is 3.53. The molecule has 2 unspecified atom stereocenters. The number of piperazine rings is 1. The third kappa shape index (κ3) is 4.68. The molecule has 1 saturated heterocycles. The summed E-state index contributed by atoms with van der Waals surface area (Å²) in [6.45, 7) is 10.5. The monoisotopic (exact) mass is 268 g/mol. The van der Waals surface area contributed by atoms with E-state index in [-0.39, 0.29) is 6.09 Å². The molecule has 2 aliphatic rings. The first-order valence-corrected chi connectivity index (χ1v) is 7.56. The predicted octanol–water partition coefficient (Wildman–Crippen LogP) is 2.63. The number of ether oxygens (including phenoxy) is 1. The number of nitrogens with one attached hydrogen (secondary N) is 1. The molecule has 1 aliphatic carbocycles. The molecule has 4 heteroatoms. The number of rotatable bonds is 3. The minimum absolute atomic E-state index is 0.168. The fraction of sp³-hybridized carbons (Fsp3) is 0.933. The lowest BCUT2D eigenvalue weighted by atomic mass is 9.96. The topological polar surface area (TPSA) is 41.6 Å². The van der Waals surface area contributed by atoms with Gasteiger partial charge in [-0.3, -0.25) is 0 Å². The average Bonchev–Trinajstić information content (AvgIpc) is 3.10. The van der Waals surface area contributed by atoms with Crippen molar-refractivity contribution in [2.45, 2.75) is 58.6 Å². The molecule has 2 rings (SSSR count). The highest BCUT2D eigenvalue weighted by molar-refractivity contribution is 5.68. The molecule has 0 bridgehead atoms. The second-order valence-electron chi connectivity index (χ2n) is 7.13. The molecular weight excluding hydrogens is 240 g/mol. The van der Waals surface area contributed by atoms with Crippen molar-refractivity contribution in [3.05, 3.63) is 0 Å². The van der Waals surface area contributed by atoms with E-state index in [1.165, 1.54) is 19.3 Å². The molecule has 0 aromatic carbocycles. The van der Waals surface area contributed by atoms with Crippen LogP contribution in [0.25, 0.3) is 0 Å². The smallest absolute Gasteiger partial charge is 0.410 e. The molecule has 0 spiro atoms. The summed E-state index contributed by atoms with van der Waals surface area (Å²) in [7, 11) is 0. The Balaban J connectivity index is 1.80. The third-order valence-corrected chi connectivity index (χ3v) is 3.99. The Hall–Kier alpha value is -0.770. The number of amides is 1. The first-order valence-electron chi connectivity index (χ1n) is 7.56. The molecule has 0 radical (unpaired) electrons. The third-order valence-electron chi connectivity index (χ3n) is 3.99. The summed E-state index contributed by atoms with van der Waals surface area (Å²) in [6.07, 6.45) is 3.79. The molecule has 1 N–H and O–H groups in total. The highest BCUT2D eigenvalue weighted by atomic mass is 16.6. The van der Waals surface area contributed by atoms with Gasteiger partial charge in [0.25, 0.3) is 0 Å². The average molecular weight is 268 g/mol. The van der Waals surface area contributed by atoms with E-state index < -0.39 is 5.60 Å². The first-order chi connectivity index (χ1) is 8.85. The maximum atomic E-state index is 12.1. The molecule has 1 aliphatic heterocycles.